The number of carbonyl (C=O) groups excluding carboxylic acids is 1. The summed E-state index contributed by atoms with van der Waals surface area (Å²) < 4.78 is 10.8. The van der Waals surface area contributed by atoms with Crippen LogP contribution in [0.25, 0.3) is 6.08 Å². The Morgan fingerprint density at radius 3 is 2.68 bits per heavy atom. The van der Waals surface area contributed by atoms with Gasteiger partial charge in [-0.2, -0.15) is 0 Å². The van der Waals surface area contributed by atoms with E-state index in [0.29, 0.717) is 41.5 Å². The van der Waals surface area contributed by atoms with E-state index in [1.165, 1.54) is 12.1 Å². The lowest BCUT2D eigenvalue weighted by Crippen LogP contribution is -1.97. The molecular formula is C20H21ClO4. The number of phenolic OH excluding ortho intramolecular Hbond substituents is 1. The molecule has 1 N–H and O–H groups in total. The number of rotatable bonds is 8. The van der Waals surface area contributed by atoms with Crippen molar-refractivity contribution >= 4 is 23.5 Å². The molecule has 2 rings (SSSR count). The van der Waals surface area contributed by atoms with E-state index >= 15 is 0 Å². The van der Waals surface area contributed by atoms with Crippen molar-refractivity contribution in [3.63, 3.8) is 0 Å². The van der Waals surface area contributed by atoms with Crippen LogP contribution in [-0.2, 0) is 6.42 Å². The number of methoxy groups -OCH3 is 1. The number of ether oxygens (including phenoxy) is 2. The fraction of sp³-hybridized carbons (Fsp3) is 0.250. The Morgan fingerprint density at radius 1 is 1.20 bits per heavy atom. The number of allylic oxidation sites excluding steroid dienone is 1. The second-order valence-electron chi connectivity index (χ2n) is 5.32. The predicted molar refractivity (Wildman–Crippen MR) is 100 cm³/mol. The molecule has 2 aromatic carbocycles. The molecule has 0 aliphatic carbocycles. The highest BCUT2D eigenvalue weighted by atomic mass is 35.5. The van der Waals surface area contributed by atoms with Gasteiger partial charge in [-0.1, -0.05) is 12.1 Å². The van der Waals surface area contributed by atoms with Crippen LogP contribution in [0.5, 0.6) is 17.2 Å². The zero-order valence-electron chi connectivity index (χ0n) is 14.3. The highest BCUT2D eigenvalue weighted by molar-refractivity contribution is 6.18. The fourth-order valence-corrected chi connectivity index (χ4v) is 2.58. The third-order valence-electron chi connectivity index (χ3n) is 3.64. The maximum atomic E-state index is 12.4. The van der Waals surface area contributed by atoms with Gasteiger partial charge in [0, 0.05) is 11.4 Å². The Kier molecular flexibility index (Phi) is 6.90. The topological polar surface area (TPSA) is 55.8 Å². The van der Waals surface area contributed by atoms with Gasteiger partial charge in [0.25, 0.3) is 0 Å². The number of carbonyl (C=O) groups is 1. The standard InChI is InChI=1S/C20H21ClO4/c1-3-25-19-9-5-14(12-20(19)24-2)4-7-17(22)15-6-8-18(23)16(13-15)10-11-21/h4-9,12-13,23H,3,10-11H2,1-2H3. The van der Waals surface area contributed by atoms with Gasteiger partial charge in [0.15, 0.2) is 17.3 Å². The molecule has 0 saturated heterocycles. The lowest BCUT2D eigenvalue weighted by atomic mass is 10.0. The van der Waals surface area contributed by atoms with Crippen LogP contribution in [0.15, 0.2) is 42.5 Å². The van der Waals surface area contributed by atoms with Crippen molar-refractivity contribution in [3.05, 3.63) is 59.2 Å². The average Bonchev–Trinajstić information content (AvgIpc) is 2.62. The van der Waals surface area contributed by atoms with Gasteiger partial charge in [-0.25, -0.2) is 0 Å². The summed E-state index contributed by atoms with van der Waals surface area (Å²) in [6.45, 7) is 2.46. The molecule has 25 heavy (non-hydrogen) atoms. The number of aromatic hydroxyl groups is 1. The van der Waals surface area contributed by atoms with Gasteiger partial charge in [-0.15, -0.1) is 11.6 Å². The molecule has 0 spiro atoms. The largest absolute Gasteiger partial charge is 0.508 e. The fourth-order valence-electron chi connectivity index (χ4n) is 2.37. The van der Waals surface area contributed by atoms with E-state index in [0.717, 1.165) is 5.56 Å². The van der Waals surface area contributed by atoms with Crippen molar-refractivity contribution in [1.29, 1.82) is 0 Å². The zero-order valence-corrected chi connectivity index (χ0v) is 15.0. The minimum atomic E-state index is -0.149. The molecule has 0 unspecified atom stereocenters. The molecule has 0 aliphatic heterocycles. The number of hydrogen-bond donors (Lipinski definition) is 1. The molecule has 0 aliphatic rings. The first-order chi connectivity index (χ1) is 12.1. The smallest absolute Gasteiger partial charge is 0.185 e. The van der Waals surface area contributed by atoms with Gasteiger partial charge in [0.2, 0.25) is 0 Å². The van der Waals surface area contributed by atoms with E-state index in [2.05, 4.69) is 0 Å². The molecule has 0 amide bonds. The first-order valence-corrected chi connectivity index (χ1v) is 8.53. The minimum Gasteiger partial charge on any atom is -0.508 e. The Hall–Kier alpha value is -2.46. The van der Waals surface area contributed by atoms with Crippen LogP contribution in [0.2, 0.25) is 0 Å². The summed E-state index contributed by atoms with van der Waals surface area (Å²) >= 11 is 5.71. The molecule has 0 heterocycles. The minimum absolute atomic E-state index is 0.149. The van der Waals surface area contributed by atoms with Crippen molar-refractivity contribution in [2.45, 2.75) is 13.3 Å². The van der Waals surface area contributed by atoms with Crippen LogP contribution in [0.3, 0.4) is 0 Å². The highest BCUT2D eigenvalue weighted by Crippen LogP contribution is 2.28. The third kappa shape index (κ3) is 5.00. The summed E-state index contributed by atoms with van der Waals surface area (Å²) in [5, 5.41) is 9.77. The van der Waals surface area contributed by atoms with Crippen molar-refractivity contribution in [2.75, 3.05) is 19.6 Å². The predicted octanol–water partition coefficient (Wildman–Crippen LogP) is 4.48. The molecule has 0 fully saturated rings. The molecule has 0 atom stereocenters. The number of phenols is 1. The average molecular weight is 361 g/mol. The lowest BCUT2D eigenvalue weighted by molar-refractivity contribution is 0.104. The molecule has 4 nitrogen and oxygen atoms in total. The van der Waals surface area contributed by atoms with Crippen molar-refractivity contribution in [3.8, 4) is 17.2 Å². The summed E-state index contributed by atoms with van der Waals surface area (Å²) in [5.41, 5.74) is 2.00. The van der Waals surface area contributed by atoms with E-state index in [1.54, 1.807) is 25.3 Å². The Bertz CT molecular complexity index is 768. The quantitative estimate of drug-likeness (QED) is 0.428. The maximum absolute atomic E-state index is 12.4. The first kappa shape index (κ1) is 18.9. The molecule has 0 radical (unpaired) electrons. The van der Waals surface area contributed by atoms with Crippen molar-refractivity contribution < 1.29 is 19.4 Å². The van der Waals surface area contributed by atoms with Gasteiger partial charge >= 0.3 is 0 Å². The van der Waals surface area contributed by atoms with E-state index in [1.807, 2.05) is 25.1 Å². The molecular weight excluding hydrogens is 340 g/mol. The zero-order chi connectivity index (χ0) is 18.2. The number of halogens is 1. The summed E-state index contributed by atoms with van der Waals surface area (Å²) in [5.74, 6) is 1.66. The Balaban J connectivity index is 2.18. The summed E-state index contributed by atoms with van der Waals surface area (Å²) in [7, 11) is 1.57. The number of hydrogen-bond acceptors (Lipinski definition) is 4. The van der Waals surface area contributed by atoms with Gasteiger partial charge in [-0.05, 0) is 60.9 Å². The first-order valence-electron chi connectivity index (χ1n) is 8.00. The van der Waals surface area contributed by atoms with Crippen LogP contribution in [-0.4, -0.2) is 30.5 Å². The van der Waals surface area contributed by atoms with Crippen molar-refractivity contribution in [1.82, 2.24) is 0 Å². The molecule has 2 aromatic rings. The van der Waals surface area contributed by atoms with E-state index in [9.17, 15) is 9.90 Å². The molecule has 0 bridgehead atoms. The number of alkyl halides is 1. The number of ketones is 1. The van der Waals surface area contributed by atoms with E-state index in [-0.39, 0.29) is 11.5 Å². The number of benzene rings is 2. The lowest BCUT2D eigenvalue weighted by Gasteiger charge is -2.09. The van der Waals surface area contributed by atoms with Gasteiger partial charge in [-0.3, -0.25) is 4.79 Å². The van der Waals surface area contributed by atoms with Crippen LogP contribution < -0.4 is 9.47 Å². The van der Waals surface area contributed by atoms with Crippen LogP contribution >= 0.6 is 11.6 Å². The molecule has 5 heteroatoms. The summed E-state index contributed by atoms with van der Waals surface area (Å²) in [6.07, 6.45) is 3.72. The van der Waals surface area contributed by atoms with Gasteiger partial charge in [0.05, 0.1) is 13.7 Å². The van der Waals surface area contributed by atoms with E-state index in [4.69, 9.17) is 21.1 Å². The highest BCUT2D eigenvalue weighted by Gasteiger charge is 2.08. The maximum Gasteiger partial charge on any atom is 0.185 e. The van der Waals surface area contributed by atoms with Crippen LogP contribution in [0.1, 0.15) is 28.4 Å². The van der Waals surface area contributed by atoms with Crippen LogP contribution in [0.4, 0.5) is 0 Å². The van der Waals surface area contributed by atoms with Crippen LogP contribution in [0, 0.1) is 0 Å². The second kappa shape index (κ2) is 9.14. The van der Waals surface area contributed by atoms with Gasteiger partial charge < -0.3 is 14.6 Å². The summed E-state index contributed by atoms with van der Waals surface area (Å²) in [6, 6.07) is 10.3. The van der Waals surface area contributed by atoms with E-state index < -0.39 is 0 Å². The second-order valence-corrected chi connectivity index (χ2v) is 5.70. The third-order valence-corrected chi connectivity index (χ3v) is 3.83. The van der Waals surface area contributed by atoms with Crippen molar-refractivity contribution in [2.24, 2.45) is 0 Å². The number of aryl methyl sites for hydroxylation is 1. The Labute approximate surface area is 152 Å². The SMILES string of the molecule is CCOc1ccc(C=CC(=O)c2ccc(O)c(CCCl)c2)cc1OC. The molecule has 0 saturated carbocycles. The normalized spacial score (nSPS) is 10.8. The monoisotopic (exact) mass is 360 g/mol. The van der Waals surface area contributed by atoms with Gasteiger partial charge in [0.1, 0.15) is 5.75 Å². The molecule has 0 aromatic heterocycles. The Morgan fingerprint density at radius 2 is 2.00 bits per heavy atom. The molecule has 132 valence electrons. The summed E-state index contributed by atoms with van der Waals surface area (Å²) in [4.78, 5) is 12.4.